The molecule has 2 aromatic heterocycles. The number of carbonyl (C=O) groups is 1. The molecule has 0 aromatic carbocycles. The number of rotatable bonds is 5. The fourth-order valence-corrected chi connectivity index (χ4v) is 2.13. The van der Waals surface area contributed by atoms with E-state index in [0.717, 1.165) is 5.56 Å². The molecule has 2 rings (SSSR count). The van der Waals surface area contributed by atoms with Gasteiger partial charge in [-0.1, -0.05) is 25.9 Å². The molecular weight excluding hydrogens is 292 g/mol. The van der Waals surface area contributed by atoms with Crippen LogP contribution in [0.4, 0.5) is 0 Å². The standard InChI is InChI=1S/C17H24N4O2/c1-12(13-8-10-18-11-9-13)21(5)15(22)7-6-14-19-16(20-23-14)17(2,3)4/h8-12H,6-7H2,1-5H3. The van der Waals surface area contributed by atoms with Gasteiger partial charge in [0.1, 0.15) is 0 Å². The lowest BCUT2D eigenvalue weighted by atomic mass is 9.96. The molecule has 6 heteroatoms. The summed E-state index contributed by atoms with van der Waals surface area (Å²) in [7, 11) is 1.81. The maximum atomic E-state index is 12.4. The number of nitrogens with zero attached hydrogens (tertiary/aromatic N) is 4. The highest BCUT2D eigenvalue weighted by molar-refractivity contribution is 5.76. The monoisotopic (exact) mass is 316 g/mol. The SMILES string of the molecule is CC(c1ccncc1)N(C)C(=O)CCc1nc(C(C)(C)C)no1. The van der Waals surface area contributed by atoms with Gasteiger partial charge in [0.2, 0.25) is 11.8 Å². The van der Waals surface area contributed by atoms with Crippen molar-refractivity contribution < 1.29 is 9.32 Å². The molecule has 23 heavy (non-hydrogen) atoms. The van der Waals surface area contributed by atoms with E-state index in [4.69, 9.17) is 4.52 Å². The van der Waals surface area contributed by atoms with Crippen molar-refractivity contribution in [2.24, 2.45) is 0 Å². The molecule has 1 unspecified atom stereocenters. The highest BCUT2D eigenvalue weighted by Gasteiger charge is 2.22. The van der Waals surface area contributed by atoms with E-state index < -0.39 is 0 Å². The number of carbonyl (C=O) groups excluding carboxylic acids is 1. The van der Waals surface area contributed by atoms with E-state index in [-0.39, 0.29) is 17.4 Å². The van der Waals surface area contributed by atoms with Crippen LogP contribution in [0.1, 0.15) is 57.4 Å². The molecule has 0 aliphatic carbocycles. The lowest BCUT2D eigenvalue weighted by Gasteiger charge is -2.25. The van der Waals surface area contributed by atoms with Crippen molar-refractivity contribution in [2.45, 2.75) is 52.0 Å². The third kappa shape index (κ3) is 4.37. The maximum Gasteiger partial charge on any atom is 0.227 e. The van der Waals surface area contributed by atoms with Crippen LogP contribution in [0.2, 0.25) is 0 Å². The summed E-state index contributed by atoms with van der Waals surface area (Å²) in [6.07, 6.45) is 4.26. The second-order valence-corrected chi connectivity index (χ2v) is 6.72. The Morgan fingerprint density at radius 2 is 1.96 bits per heavy atom. The third-order valence-corrected chi connectivity index (χ3v) is 3.85. The van der Waals surface area contributed by atoms with E-state index in [1.165, 1.54) is 0 Å². The number of hydrogen-bond acceptors (Lipinski definition) is 5. The number of aromatic nitrogens is 3. The second-order valence-electron chi connectivity index (χ2n) is 6.72. The van der Waals surface area contributed by atoms with Crippen LogP contribution in [-0.4, -0.2) is 33.0 Å². The maximum absolute atomic E-state index is 12.4. The van der Waals surface area contributed by atoms with Gasteiger partial charge in [-0.15, -0.1) is 0 Å². The van der Waals surface area contributed by atoms with Crippen molar-refractivity contribution in [1.82, 2.24) is 20.0 Å². The summed E-state index contributed by atoms with van der Waals surface area (Å²) in [6.45, 7) is 8.07. The van der Waals surface area contributed by atoms with Crippen LogP contribution in [0.25, 0.3) is 0 Å². The van der Waals surface area contributed by atoms with Gasteiger partial charge in [-0.25, -0.2) is 0 Å². The van der Waals surface area contributed by atoms with Crippen molar-refractivity contribution in [3.8, 4) is 0 Å². The first-order valence-corrected chi connectivity index (χ1v) is 7.77. The molecule has 6 nitrogen and oxygen atoms in total. The van der Waals surface area contributed by atoms with Gasteiger partial charge in [0.25, 0.3) is 0 Å². The van der Waals surface area contributed by atoms with Crippen molar-refractivity contribution in [3.63, 3.8) is 0 Å². The molecule has 0 saturated carbocycles. The largest absolute Gasteiger partial charge is 0.339 e. The minimum absolute atomic E-state index is 0.00155. The molecule has 0 aliphatic heterocycles. The average molecular weight is 316 g/mol. The number of pyridine rings is 1. The normalized spacial score (nSPS) is 12.9. The zero-order chi connectivity index (χ0) is 17.0. The molecule has 2 heterocycles. The van der Waals surface area contributed by atoms with Crippen molar-refractivity contribution >= 4 is 5.91 Å². The first kappa shape index (κ1) is 17.1. The zero-order valence-electron chi connectivity index (χ0n) is 14.4. The molecule has 0 saturated heterocycles. The molecule has 0 fully saturated rings. The van der Waals surface area contributed by atoms with Crippen LogP contribution in [0.15, 0.2) is 29.0 Å². The highest BCUT2D eigenvalue weighted by atomic mass is 16.5. The lowest BCUT2D eigenvalue weighted by molar-refractivity contribution is -0.131. The highest BCUT2D eigenvalue weighted by Crippen LogP contribution is 2.20. The first-order chi connectivity index (χ1) is 10.8. The number of amides is 1. The molecule has 1 amide bonds. The Balaban J connectivity index is 1.93. The van der Waals surface area contributed by atoms with Gasteiger partial charge in [-0.05, 0) is 24.6 Å². The summed E-state index contributed by atoms with van der Waals surface area (Å²) in [6, 6.07) is 3.84. The van der Waals surface area contributed by atoms with E-state index in [0.29, 0.717) is 24.6 Å². The summed E-state index contributed by atoms with van der Waals surface area (Å²) in [5, 5.41) is 3.97. The Morgan fingerprint density at radius 1 is 1.30 bits per heavy atom. The lowest BCUT2D eigenvalue weighted by Crippen LogP contribution is -2.29. The van der Waals surface area contributed by atoms with Gasteiger partial charge < -0.3 is 9.42 Å². The van der Waals surface area contributed by atoms with Crippen LogP contribution < -0.4 is 0 Å². The van der Waals surface area contributed by atoms with Crippen molar-refractivity contribution in [2.75, 3.05) is 7.05 Å². The molecule has 0 bridgehead atoms. The molecule has 124 valence electrons. The minimum atomic E-state index is -0.154. The van der Waals surface area contributed by atoms with Crippen LogP contribution in [0.5, 0.6) is 0 Å². The van der Waals surface area contributed by atoms with E-state index in [1.54, 1.807) is 17.3 Å². The van der Waals surface area contributed by atoms with E-state index in [9.17, 15) is 4.79 Å². The number of hydrogen-bond donors (Lipinski definition) is 0. The van der Waals surface area contributed by atoms with Crippen molar-refractivity contribution in [1.29, 1.82) is 0 Å². The van der Waals surface area contributed by atoms with Gasteiger partial charge in [-0.2, -0.15) is 4.98 Å². The predicted molar refractivity (Wildman–Crippen MR) is 86.7 cm³/mol. The van der Waals surface area contributed by atoms with Crippen LogP contribution in [-0.2, 0) is 16.6 Å². The molecule has 2 aromatic rings. The zero-order valence-corrected chi connectivity index (χ0v) is 14.4. The van der Waals surface area contributed by atoms with Gasteiger partial charge in [0.05, 0.1) is 6.04 Å². The Morgan fingerprint density at radius 3 is 2.52 bits per heavy atom. The third-order valence-electron chi connectivity index (χ3n) is 3.85. The molecule has 0 aliphatic rings. The Bertz CT molecular complexity index is 646. The van der Waals surface area contributed by atoms with Crippen LogP contribution in [0.3, 0.4) is 0 Å². The van der Waals surface area contributed by atoms with Crippen LogP contribution >= 0.6 is 0 Å². The van der Waals surface area contributed by atoms with E-state index >= 15 is 0 Å². The fraction of sp³-hybridized carbons (Fsp3) is 0.529. The molecule has 0 spiro atoms. The minimum Gasteiger partial charge on any atom is -0.339 e. The predicted octanol–water partition coefficient (Wildman–Crippen LogP) is 2.91. The topological polar surface area (TPSA) is 72.1 Å². The summed E-state index contributed by atoms with van der Waals surface area (Å²) < 4.78 is 5.23. The quantitative estimate of drug-likeness (QED) is 0.848. The Hall–Kier alpha value is -2.24. The van der Waals surface area contributed by atoms with Gasteiger partial charge in [-0.3, -0.25) is 9.78 Å². The van der Waals surface area contributed by atoms with E-state index in [2.05, 4.69) is 15.1 Å². The molecule has 1 atom stereocenters. The van der Waals surface area contributed by atoms with Gasteiger partial charge in [0.15, 0.2) is 5.82 Å². The summed E-state index contributed by atoms with van der Waals surface area (Å²) in [5.74, 6) is 1.22. The first-order valence-electron chi connectivity index (χ1n) is 7.77. The van der Waals surface area contributed by atoms with Crippen LogP contribution in [0, 0.1) is 0 Å². The van der Waals surface area contributed by atoms with E-state index in [1.807, 2.05) is 46.9 Å². The van der Waals surface area contributed by atoms with Crippen molar-refractivity contribution in [3.05, 3.63) is 41.8 Å². The molecular formula is C17H24N4O2. The Kier molecular flexibility index (Phi) is 5.13. The average Bonchev–Trinajstić information content (AvgIpc) is 3.01. The smallest absolute Gasteiger partial charge is 0.227 e. The summed E-state index contributed by atoms with van der Waals surface area (Å²) >= 11 is 0. The second kappa shape index (κ2) is 6.89. The Labute approximate surface area is 136 Å². The summed E-state index contributed by atoms with van der Waals surface area (Å²) in [4.78, 5) is 22.4. The molecule has 0 N–H and O–H groups in total. The molecule has 0 radical (unpaired) electrons. The number of aryl methyl sites for hydroxylation is 1. The fourth-order valence-electron chi connectivity index (χ4n) is 2.13. The van der Waals surface area contributed by atoms with Gasteiger partial charge >= 0.3 is 0 Å². The summed E-state index contributed by atoms with van der Waals surface area (Å²) in [5.41, 5.74) is 0.905. The van der Waals surface area contributed by atoms with Gasteiger partial charge in [0, 0.05) is 37.7 Å².